The smallest absolute Gasteiger partial charge is 0.352 e. The fourth-order valence-corrected chi connectivity index (χ4v) is 4.25. The van der Waals surface area contributed by atoms with Gasteiger partial charge < -0.3 is 9.64 Å². The molecule has 3 aromatic rings. The van der Waals surface area contributed by atoms with E-state index in [2.05, 4.69) is 5.10 Å². The van der Waals surface area contributed by atoms with Crippen molar-refractivity contribution < 1.29 is 14.3 Å². The SMILES string of the molecule is CCOC(=O)C1CCCN(C(=O)c2nn(-c3ccccc3)c(=O)n(Cc3ccccc3C)c2=O)C1. The van der Waals surface area contributed by atoms with Gasteiger partial charge in [-0.25, -0.2) is 4.79 Å². The number of esters is 1. The van der Waals surface area contributed by atoms with E-state index in [0.717, 1.165) is 20.4 Å². The number of piperidine rings is 1. The first kappa shape index (κ1) is 24.1. The number of amides is 1. The zero-order valence-electron chi connectivity index (χ0n) is 19.8. The average molecular weight is 477 g/mol. The summed E-state index contributed by atoms with van der Waals surface area (Å²) in [5.41, 5.74) is 0.400. The van der Waals surface area contributed by atoms with Gasteiger partial charge >= 0.3 is 11.7 Å². The predicted octanol–water partition coefficient (Wildman–Crippen LogP) is 2.17. The Hall–Kier alpha value is -4.01. The van der Waals surface area contributed by atoms with Crippen LogP contribution in [0.1, 0.15) is 41.4 Å². The summed E-state index contributed by atoms with van der Waals surface area (Å²) in [6.07, 6.45) is 1.21. The fraction of sp³-hybridized carbons (Fsp3) is 0.346. The molecule has 2 heterocycles. The molecule has 1 unspecified atom stereocenters. The Bertz CT molecular complexity index is 1350. The van der Waals surface area contributed by atoms with Gasteiger partial charge in [0.2, 0.25) is 5.69 Å². The number of ether oxygens (including phenoxy) is 1. The topological polar surface area (TPSA) is 104 Å². The zero-order valence-corrected chi connectivity index (χ0v) is 19.8. The summed E-state index contributed by atoms with van der Waals surface area (Å²) in [7, 11) is 0. The number of benzene rings is 2. The van der Waals surface area contributed by atoms with Crippen LogP contribution < -0.4 is 11.2 Å². The molecule has 1 atom stereocenters. The van der Waals surface area contributed by atoms with E-state index in [9.17, 15) is 19.2 Å². The lowest BCUT2D eigenvalue weighted by Crippen LogP contribution is -2.49. The van der Waals surface area contributed by atoms with E-state index in [1.165, 1.54) is 4.90 Å². The molecule has 4 rings (SSSR count). The summed E-state index contributed by atoms with van der Waals surface area (Å²) in [6, 6.07) is 16.1. The van der Waals surface area contributed by atoms with Crippen molar-refractivity contribution in [1.29, 1.82) is 0 Å². The second kappa shape index (κ2) is 10.5. The second-order valence-corrected chi connectivity index (χ2v) is 8.54. The number of hydrogen-bond acceptors (Lipinski definition) is 6. The highest BCUT2D eigenvalue weighted by molar-refractivity contribution is 5.92. The van der Waals surface area contributed by atoms with Crippen LogP contribution in [0.4, 0.5) is 0 Å². The standard InChI is InChI=1S/C26H28N4O5/c1-3-35-25(33)20-12-9-15-28(16-20)23(31)22-24(32)29(17-19-11-8-7-10-18(19)2)26(34)30(27-22)21-13-5-4-6-14-21/h4-8,10-11,13-14,20H,3,9,12,15-17H2,1-2H3. The minimum atomic E-state index is -0.756. The molecule has 1 aliphatic rings. The van der Waals surface area contributed by atoms with Crippen molar-refractivity contribution in [2.24, 2.45) is 5.92 Å². The molecule has 1 aliphatic heterocycles. The molecule has 0 radical (unpaired) electrons. The molecule has 0 saturated carbocycles. The summed E-state index contributed by atoms with van der Waals surface area (Å²) in [5, 5.41) is 4.21. The van der Waals surface area contributed by atoms with Crippen LogP contribution in [0, 0.1) is 12.8 Å². The summed E-state index contributed by atoms with van der Waals surface area (Å²) in [6.45, 7) is 4.42. The third-order valence-corrected chi connectivity index (χ3v) is 6.18. The van der Waals surface area contributed by atoms with Gasteiger partial charge in [0.15, 0.2) is 0 Å². The van der Waals surface area contributed by atoms with Crippen molar-refractivity contribution in [2.75, 3.05) is 19.7 Å². The van der Waals surface area contributed by atoms with Crippen molar-refractivity contribution in [3.05, 3.63) is 92.3 Å². The third-order valence-electron chi connectivity index (χ3n) is 6.18. The van der Waals surface area contributed by atoms with E-state index in [-0.39, 0.29) is 31.4 Å². The largest absolute Gasteiger partial charge is 0.466 e. The van der Waals surface area contributed by atoms with Gasteiger partial charge in [-0.3, -0.25) is 19.0 Å². The third kappa shape index (κ3) is 5.08. The van der Waals surface area contributed by atoms with Gasteiger partial charge in [0.25, 0.3) is 11.5 Å². The number of aromatic nitrogens is 3. The number of aryl methyl sites for hydroxylation is 1. The maximum atomic E-state index is 13.5. The molecule has 35 heavy (non-hydrogen) atoms. The van der Waals surface area contributed by atoms with Gasteiger partial charge in [-0.1, -0.05) is 42.5 Å². The fourth-order valence-electron chi connectivity index (χ4n) is 4.25. The van der Waals surface area contributed by atoms with Crippen LogP contribution >= 0.6 is 0 Å². The molecule has 9 nitrogen and oxygen atoms in total. The molecule has 182 valence electrons. The van der Waals surface area contributed by atoms with Crippen LogP contribution in [-0.4, -0.2) is 50.8 Å². The van der Waals surface area contributed by atoms with Crippen LogP contribution in [0.2, 0.25) is 0 Å². The summed E-state index contributed by atoms with van der Waals surface area (Å²) in [4.78, 5) is 54.0. The van der Waals surface area contributed by atoms with Crippen molar-refractivity contribution >= 4 is 11.9 Å². The quantitative estimate of drug-likeness (QED) is 0.505. The van der Waals surface area contributed by atoms with Crippen molar-refractivity contribution in [3.8, 4) is 5.69 Å². The summed E-state index contributed by atoms with van der Waals surface area (Å²) >= 11 is 0. The number of carbonyl (C=O) groups excluding carboxylic acids is 2. The number of nitrogens with zero attached hydrogens (tertiary/aromatic N) is 4. The van der Waals surface area contributed by atoms with Gasteiger partial charge in [0.1, 0.15) is 0 Å². The number of hydrogen-bond donors (Lipinski definition) is 0. The zero-order chi connectivity index (χ0) is 24.9. The first-order valence-electron chi connectivity index (χ1n) is 11.7. The maximum Gasteiger partial charge on any atom is 0.352 e. The van der Waals surface area contributed by atoms with Gasteiger partial charge in [0.05, 0.1) is 24.8 Å². The molecule has 9 heteroatoms. The van der Waals surface area contributed by atoms with E-state index in [4.69, 9.17) is 4.74 Å². The molecule has 1 fully saturated rings. The monoisotopic (exact) mass is 476 g/mol. The van der Waals surface area contributed by atoms with E-state index >= 15 is 0 Å². The Labute approximate surface area is 202 Å². The van der Waals surface area contributed by atoms with E-state index in [1.54, 1.807) is 37.3 Å². The molecule has 0 N–H and O–H groups in total. The number of carbonyl (C=O) groups is 2. The second-order valence-electron chi connectivity index (χ2n) is 8.54. The number of likely N-dealkylation sites (tertiary alicyclic amines) is 1. The summed E-state index contributed by atoms with van der Waals surface area (Å²) < 4.78 is 7.25. The van der Waals surface area contributed by atoms with Crippen LogP contribution in [0.3, 0.4) is 0 Å². The first-order valence-corrected chi connectivity index (χ1v) is 11.7. The van der Waals surface area contributed by atoms with Gasteiger partial charge in [-0.2, -0.15) is 9.78 Å². The van der Waals surface area contributed by atoms with Gasteiger partial charge in [-0.15, -0.1) is 0 Å². The van der Waals surface area contributed by atoms with Crippen molar-refractivity contribution in [3.63, 3.8) is 0 Å². The molecule has 2 aromatic carbocycles. The number of rotatable bonds is 6. The number of para-hydroxylation sites is 1. The molecular weight excluding hydrogens is 448 g/mol. The maximum absolute atomic E-state index is 13.5. The molecule has 1 saturated heterocycles. The highest BCUT2D eigenvalue weighted by atomic mass is 16.5. The van der Waals surface area contributed by atoms with Crippen molar-refractivity contribution in [2.45, 2.75) is 33.2 Å². The van der Waals surface area contributed by atoms with E-state index < -0.39 is 23.1 Å². The van der Waals surface area contributed by atoms with Gasteiger partial charge in [-0.05, 0) is 49.9 Å². The van der Waals surface area contributed by atoms with Crippen LogP contribution in [0.15, 0.2) is 64.2 Å². The molecule has 1 aromatic heterocycles. The lowest BCUT2D eigenvalue weighted by Gasteiger charge is -2.31. The Morgan fingerprint density at radius 1 is 1.06 bits per heavy atom. The summed E-state index contributed by atoms with van der Waals surface area (Å²) in [5.74, 6) is -1.42. The first-order chi connectivity index (χ1) is 16.9. The minimum Gasteiger partial charge on any atom is -0.466 e. The van der Waals surface area contributed by atoms with Crippen LogP contribution in [0.5, 0.6) is 0 Å². The van der Waals surface area contributed by atoms with Gasteiger partial charge in [0, 0.05) is 13.1 Å². The Morgan fingerprint density at radius 2 is 1.77 bits per heavy atom. The Kier molecular flexibility index (Phi) is 7.24. The average Bonchev–Trinajstić information content (AvgIpc) is 2.88. The lowest BCUT2D eigenvalue weighted by atomic mass is 9.98. The molecular formula is C26H28N4O5. The lowest BCUT2D eigenvalue weighted by molar-refractivity contribution is -0.149. The molecule has 1 amide bonds. The predicted molar refractivity (Wildman–Crippen MR) is 130 cm³/mol. The van der Waals surface area contributed by atoms with E-state index in [1.807, 2.05) is 31.2 Å². The molecule has 0 spiro atoms. The molecule has 0 bridgehead atoms. The van der Waals surface area contributed by atoms with Crippen LogP contribution in [0.25, 0.3) is 5.69 Å². The van der Waals surface area contributed by atoms with Crippen molar-refractivity contribution in [1.82, 2.24) is 19.2 Å². The van der Waals surface area contributed by atoms with E-state index in [0.29, 0.717) is 25.1 Å². The minimum absolute atomic E-state index is 0.00538. The molecule has 0 aliphatic carbocycles. The van der Waals surface area contributed by atoms with Crippen LogP contribution in [-0.2, 0) is 16.1 Å². The highest BCUT2D eigenvalue weighted by Crippen LogP contribution is 2.19. The Morgan fingerprint density at radius 3 is 2.49 bits per heavy atom. The Balaban J connectivity index is 1.78. The highest BCUT2D eigenvalue weighted by Gasteiger charge is 2.32. The normalized spacial score (nSPS) is 15.6.